The molecule has 0 aromatic carbocycles. The van der Waals surface area contributed by atoms with Gasteiger partial charge in [0.2, 0.25) is 10.1 Å². The number of anilines is 1. The molecule has 2 atom stereocenters. The molecule has 2 unspecified atom stereocenters. The number of rotatable bonds is 3. The minimum Gasteiger partial charge on any atom is -0.393 e. The lowest BCUT2D eigenvalue weighted by Gasteiger charge is -2.25. The van der Waals surface area contributed by atoms with E-state index in [0.29, 0.717) is 24.3 Å². The summed E-state index contributed by atoms with van der Waals surface area (Å²) in [4.78, 5) is 0. The SMILES string of the molecule is OC1CCCC(CNc2nnc(C(F)(F)F)s2)C1. The van der Waals surface area contributed by atoms with Gasteiger partial charge in [0, 0.05) is 6.54 Å². The average Bonchev–Trinajstić information content (AvgIpc) is 2.74. The number of aliphatic hydroxyl groups excluding tert-OH is 1. The van der Waals surface area contributed by atoms with Crippen LogP contribution in [0.15, 0.2) is 0 Å². The summed E-state index contributed by atoms with van der Waals surface area (Å²) in [5.74, 6) is 0.284. The molecule has 0 bridgehead atoms. The van der Waals surface area contributed by atoms with Gasteiger partial charge in [-0.1, -0.05) is 17.8 Å². The number of hydrogen-bond donors (Lipinski definition) is 2. The Morgan fingerprint density at radius 3 is 2.72 bits per heavy atom. The molecule has 0 saturated heterocycles. The molecule has 1 heterocycles. The maximum absolute atomic E-state index is 12.3. The van der Waals surface area contributed by atoms with Crippen molar-refractivity contribution in [1.29, 1.82) is 0 Å². The molecule has 2 rings (SSSR count). The molecule has 1 aromatic rings. The van der Waals surface area contributed by atoms with Gasteiger partial charge in [0.1, 0.15) is 0 Å². The van der Waals surface area contributed by atoms with Crippen molar-refractivity contribution < 1.29 is 18.3 Å². The summed E-state index contributed by atoms with van der Waals surface area (Å²) < 4.78 is 36.9. The number of aliphatic hydroxyl groups is 1. The van der Waals surface area contributed by atoms with E-state index in [1.54, 1.807) is 0 Å². The number of nitrogens with one attached hydrogen (secondary N) is 1. The molecule has 18 heavy (non-hydrogen) atoms. The van der Waals surface area contributed by atoms with Gasteiger partial charge in [-0.15, -0.1) is 10.2 Å². The van der Waals surface area contributed by atoms with Crippen molar-refractivity contribution in [3.63, 3.8) is 0 Å². The molecular formula is C10H14F3N3OS. The van der Waals surface area contributed by atoms with E-state index in [2.05, 4.69) is 15.5 Å². The fourth-order valence-electron chi connectivity index (χ4n) is 2.09. The zero-order chi connectivity index (χ0) is 13.2. The minimum absolute atomic E-state index is 0.183. The van der Waals surface area contributed by atoms with Crippen LogP contribution in [-0.4, -0.2) is 28.0 Å². The minimum atomic E-state index is -4.43. The molecule has 0 aliphatic heterocycles. The molecule has 1 aromatic heterocycles. The summed E-state index contributed by atoms with van der Waals surface area (Å²) in [5.41, 5.74) is 0. The van der Waals surface area contributed by atoms with Crippen molar-refractivity contribution in [2.75, 3.05) is 11.9 Å². The van der Waals surface area contributed by atoms with Crippen LogP contribution in [0.5, 0.6) is 0 Å². The first-order chi connectivity index (χ1) is 8.45. The monoisotopic (exact) mass is 281 g/mol. The molecular weight excluding hydrogens is 267 g/mol. The Kier molecular flexibility index (Phi) is 4.06. The lowest BCUT2D eigenvalue weighted by atomic mass is 9.87. The third-order valence-electron chi connectivity index (χ3n) is 2.96. The van der Waals surface area contributed by atoms with Crippen LogP contribution in [0, 0.1) is 5.92 Å². The van der Waals surface area contributed by atoms with E-state index in [0.717, 1.165) is 19.3 Å². The zero-order valence-electron chi connectivity index (χ0n) is 9.57. The van der Waals surface area contributed by atoms with Crippen molar-refractivity contribution in [1.82, 2.24) is 10.2 Å². The Morgan fingerprint density at radius 2 is 2.11 bits per heavy atom. The van der Waals surface area contributed by atoms with Crippen LogP contribution in [0.2, 0.25) is 0 Å². The number of halogens is 3. The Hall–Kier alpha value is -0.890. The van der Waals surface area contributed by atoms with Crippen LogP contribution in [0.3, 0.4) is 0 Å². The lowest BCUT2D eigenvalue weighted by Crippen LogP contribution is -2.24. The highest BCUT2D eigenvalue weighted by molar-refractivity contribution is 7.15. The largest absolute Gasteiger partial charge is 0.445 e. The highest BCUT2D eigenvalue weighted by Gasteiger charge is 2.35. The van der Waals surface area contributed by atoms with Gasteiger partial charge in [-0.2, -0.15) is 13.2 Å². The number of nitrogens with zero attached hydrogens (tertiary/aromatic N) is 2. The van der Waals surface area contributed by atoms with Crippen molar-refractivity contribution in [2.45, 2.75) is 38.0 Å². The summed E-state index contributed by atoms with van der Waals surface area (Å²) in [6.07, 6.45) is -1.28. The fourth-order valence-corrected chi connectivity index (χ4v) is 2.71. The Bertz CT molecular complexity index is 396. The normalized spacial score (nSPS) is 25.1. The second kappa shape index (κ2) is 5.40. The summed E-state index contributed by atoms with van der Waals surface area (Å²) in [5, 5.41) is 18.2. The van der Waals surface area contributed by atoms with Crippen LogP contribution in [-0.2, 0) is 6.18 Å². The molecule has 2 N–H and O–H groups in total. The summed E-state index contributed by atoms with van der Waals surface area (Å²) >= 11 is 0.508. The van der Waals surface area contributed by atoms with E-state index in [9.17, 15) is 18.3 Å². The second-order valence-electron chi connectivity index (χ2n) is 4.48. The van der Waals surface area contributed by atoms with Crippen molar-refractivity contribution >= 4 is 16.5 Å². The van der Waals surface area contributed by atoms with E-state index in [1.807, 2.05) is 0 Å². The smallest absolute Gasteiger partial charge is 0.393 e. The topological polar surface area (TPSA) is 58.0 Å². The van der Waals surface area contributed by atoms with Gasteiger partial charge < -0.3 is 10.4 Å². The molecule has 1 aliphatic rings. The maximum Gasteiger partial charge on any atom is 0.445 e. The van der Waals surface area contributed by atoms with E-state index in [-0.39, 0.29) is 17.2 Å². The Labute approximate surface area is 106 Å². The van der Waals surface area contributed by atoms with Crippen LogP contribution in [0.4, 0.5) is 18.3 Å². The number of aromatic nitrogens is 2. The highest BCUT2D eigenvalue weighted by atomic mass is 32.1. The first kappa shape index (κ1) is 13.5. The summed E-state index contributed by atoms with van der Waals surface area (Å²) in [7, 11) is 0. The van der Waals surface area contributed by atoms with E-state index in [4.69, 9.17) is 0 Å². The van der Waals surface area contributed by atoms with Crippen LogP contribution in [0.25, 0.3) is 0 Å². The molecule has 0 radical (unpaired) electrons. The maximum atomic E-state index is 12.3. The quantitative estimate of drug-likeness (QED) is 0.894. The fraction of sp³-hybridized carbons (Fsp3) is 0.800. The lowest BCUT2D eigenvalue weighted by molar-refractivity contribution is -0.138. The van der Waals surface area contributed by atoms with Gasteiger partial charge in [-0.3, -0.25) is 0 Å². The van der Waals surface area contributed by atoms with Gasteiger partial charge in [0.05, 0.1) is 6.10 Å². The van der Waals surface area contributed by atoms with Crippen LogP contribution < -0.4 is 5.32 Å². The standard InChI is InChI=1S/C10H14F3N3OS/c11-10(12,13)8-15-16-9(18-8)14-5-6-2-1-3-7(17)4-6/h6-7,17H,1-5H2,(H,14,16). The van der Waals surface area contributed by atoms with Gasteiger partial charge >= 0.3 is 6.18 Å². The van der Waals surface area contributed by atoms with Gasteiger partial charge in [-0.25, -0.2) is 0 Å². The summed E-state index contributed by atoms with van der Waals surface area (Å²) in [6, 6.07) is 0. The molecule has 1 fully saturated rings. The van der Waals surface area contributed by atoms with E-state index < -0.39 is 11.2 Å². The van der Waals surface area contributed by atoms with Crippen molar-refractivity contribution in [3.05, 3.63) is 5.01 Å². The molecule has 4 nitrogen and oxygen atoms in total. The van der Waals surface area contributed by atoms with Crippen LogP contribution >= 0.6 is 11.3 Å². The molecule has 8 heteroatoms. The number of hydrogen-bond acceptors (Lipinski definition) is 5. The Morgan fingerprint density at radius 1 is 1.33 bits per heavy atom. The van der Waals surface area contributed by atoms with Crippen molar-refractivity contribution in [2.24, 2.45) is 5.92 Å². The first-order valence-electron chi connectivity index (χ1n) is 5.78. The zero-order valence-corrected chi connectivity index (χ0v) is 10.4. The highest BCUT2D eigenvalue weighted by Crippen LogP contribution is 2.33. The van der Waals surface area contributed by atoms with E-state index >= 15 is 0 Å². The third-order valence-corrected chi connectivity index (χ3v) is 3.89. The molecule has 0 amide bonds. The first-order valence-corrected chi connectivity index (χ1v) is 6.59. The molecule has 1 aliphatic carbocycles. The van der Waals surface area contributed by atoms with Gasteiger partial charge in [0.15, 0.2) is 0 Å². The second-order valence-corrected chi connectivity index (χ2v) is 5.46. The number of alkyl halides is 3. The van der Waals surface area contributed by atoms with Gasteiger partial charge in [0.25, 0.3) is 0 Å². The molecule has 102 valence electrons. The Balaban J connectivity index is 1.85. The molecule has 1 saturated carbocycles. The van der Waals surface area contributed by atoms with Gasteiger partial charge in [-0.05, 0) is 25.2 Å². The predicted octanol–water partition coefficient (Wildman–Crippen LogP) is 2.52. The average molecular weight is 281 g/mol. The summed E-state index contributed by atoms with van der Waals surface area (Å²) in [6.45, 7) is 0.531. The van der Waals surface area contributed by atoms with Crippen LogP contribution in [0.1, 0.15) is 30.7 Å². The van der Waals surface area contributed by atoms with E-state index in [1.165, 1.54) is 0 Å². The third kappa shape index (κ3) is 3.55. The predicted molar refractivity (Wildman–Crippen MR) is 61.4 cm³/mol. The molecule has 0 spiro atoms. The van der Waals surface area contributed by atoms with Crippen molar-refractivity contribution in [3.8, 4) is 0 Å².